The van der Waals surface area contributed by atoms with Crippen molar-refractivity contribution < 1.29 is 8.83 Å². The molecule has 280 valence electrons. The van der Waals surface area contributed by atoms with Crippen LogP contribution in [0.25, 0.3) is 108 Å². The first-order chi connectivity index (χ1) is 29.7. The molecule has 0 aliphatic carbocycles. The quantitative estimate of drug-likeness (QED) is 0.163. The van der Waals surface area contributed by atoms with Crippen molar-refractivity contribution in [3.8, 4) is 22.3 Å². The van der Waals surface area contributed by atoms with Crippen molar-refractivity contribution in [2.75, 3.05) is 4.90 Å². The lowest BCUT2D eigenvalue weighted by Crippen LogP contribution is -2.09. The zero-order chi connectivity index (χ0) is 39.3. The van der Waals surface area contributed by atoms with Crippen LogP contribution in [0.15, 0.2) is 209 Å². The van der Waals surface area contributed by atoms with Crippen molar-refractivity contribution in [1.82, 2.24) is 0 Å². The number of fused-ring (bicyclic) bond motifs is 12. The summed E-state index contributed by atoms with van der Waals surface area (Å²) < 4.78 is 15.5. The Balaban J connectivity index is 0.984. The number of rotatable bonds is 5. The van der Waals surface area contributed by atoms with E-state index in [1.807, 2.05) is 35.6 Å². The third kappa shape index (κ3) is 5.08. The number of thiophene rings is 1. The molecule has 0 amide bonds. The van der Waals surface area contributed by atoms with Crippen molar-refractivity contribution >= 4 is 114 Å². The van der Waals surface area contributed by atoms with Gasteiger partial charge in [0.2, 0.25) is 0 Å². The first-order valence-electron chi connectivity index (χ1n) is 20.3. The minimum atomic E-state index is 0.905. The van der Waals surface area contributed by atoms with Crippen LogP contribution in [0.2, 0.25) is 0 Å². The first kappa shape index (κ1) is 33.3. The minimum absolute atomic E-state index is 0.905. The van der Waals surface area contributed by atoms with Gasteiger partial charge < -0.3 is 13.7 Å². The average molecular weight is 784 g/mol. The molecule has 0 unspecified atom stereocenters. The van der Waals surface area contributed by atoms with E-state index in [0.717, 1.165) is 83.2 Å². The molecular formula is C56H33NO2S. The second-order valence-corrected chi connectivity index (χ2v) is 16.7. The Morgan fingerprint density at radius 1 is 0.317 bits per heavy atom. The van der Waals surface area contributed by atoms with E-state index in [4.69, 9.17) is 8.83 Å². The topological polar surface area (TPSA) is 29.5 Å². The van der Waals surface area contributed by atoms with Gasteiger partial charge in [0.1, 0.15) is 22.3 Å². The van der Waals surface area contributed by atoms with Gasteiger partial charge in [-0.25, -0.2) is 0 Å². The van der Waals surface area contributed by atoms with Crippen LogP contribution in [0.3, 0.4) is 0 Å². The number of hydrogen-bond acceptors (Lipinski definition) is 4. The van der Waals surface area contributed by atoms with Crippen LogP contribution in [-0.4, -0.2) is 0 Å². The predicted octanol–water partition coefficient (Wildman–Crippen LogP) is 17.0. The second-order valence-electron chi connectivity index (χ2n) is 15.6. The molecule has 0 bridgehead atoms. The van der Waals surface area contributed by atoms with Crippen molar-refractivity contribution in [3.63, 3.8) is 0 Å². The molecular weight excluding hydrogens is 751 g/mol. The largest absolute Gasteiger partial charge is 0.455 e. The molecule has 0 atom stereocenters. The summed E-state index contributed by atoms with van der Waals surface area (Å²) in [5.41, 5.74) is 11.3. The Labute approximate surface area is 348 Å². The van der Waals surface area contributed by atoms with Crippen molar-refractivity contribution in [3.05, 3.63) is 200 Å². The molecule has 0 saturated carbocycles. The molecule has 0 aliphatic rings. The summed E-state index contributed by atoms with van der Waals surface area (Å²) in [6.45, 7) is 0. The fraction of sp³-hybridized carbons (Fsp3) is 0. The Kier molecular flexibility index (Phi) is 7.18. The molecule has 13 rings (SSSR count). The van der Waals surface area contributed by atoms with E-state index in [1.165, 1.54) is 41.7 Å². The Hall–Kier alpha value is -7.66. The molecule has 0 radical (unpaired) electrons. The maximum atomic E-state index is 6.50. The van der Waals surface area contributed by atoms with Gasteiger partial charge in [0.15, 0.2) is 0 Å². The Morgan fingerprint density at radius 2 is 0.817 bits per heavy atom. The summed E-state index contributed by atoms with van der Waals surface area (Å²) in [6.07, 6.45) is 0. The van der Waals surface area contributed by atoms with E-state index >= 15 is 0 Å². The molecule has 3 nitrogen and oxygen atoms in total. The van der Waals surface area contributed by atoms with Crippen LogP contribution in [0.4, 0.5) is 17.1 Å². The van der Waals surface area contributed by atoms with Crippen LogP contribution in [-0.2, 0) is 0 Å². The van der Waals surface area contributed by atoms with E-state index in [1.54, 1.807) is 0 Å². The molecule has 0 aliphatic heterocycles. The number of hydrogen-bond donors (Lipinski definition) is 0. The van der Waals surface area contributed by atoms with Gasteiger partial charge >= 0.3 is 0 Å². The number of anilines is 3. The van der Waals surface area contributed by atoms with Crippen LogP contribution < -0.4 is 4.90 Å². The van der Waals surface area contributed by atoms with Crippen LogP contribution in [0, 0.1) is 0 Å². The molecule has 60 heavy (non-hydrogen) atoms. The third-order valence-electron chi connectivity index (χ3n) is 12.3. The summed E-state index contributed by atoms with van der Waals surface area (Å²) in [4.78, 5) is 2.40. The van der Waals surface area contributed by atoms with Gasteiger partial charge in [0.25, 0.3) is 0 Å². The van der Waals surface area contributed by atoms with Crippen LogP contribution in [0.5, 0.6) is 0 Å². The minimum Gasteiger partial charge on any atom is -0.455 e. The lowest BCUT2D eigenvalue weighted by molar-refractivity contribution is 0.669. The summed E-state index contributed by atoms with van der Waals surface area (Å²) in [5, 5.41) is 11.9. The lowest BCUT2D eigenvalue weighted by atomic mass is 9.95. The Morgan fingerprint density at radius 3 is 1.53 bits per heavy atom. The average Bonchev–Trinajstić information content (AvgIpc) is 4.00. The first-order valence-corrected chi connectivity index (χ1v) is 21.1. The fourth-order valence-electron chi connectivity index (χ4n) is 9.38. The molecule has 0 fully saturated rings. The summed E-state index contributed by atoms with van der Waals surface area (Å²) in [7, 11) is 0. The zero-order valence-electron chi connectivity index (χ0n) is 32.2. The number of nitrogens with zero attached hydrogens (tertiary/aromatic N) is 1. The molecule has 3 aromatic heterocycles. The Bertz CT molecular complexity index is 3850. The molecule has 3 heterocycles. The molecule has 0 N–H and O–H groups in total. The van der Waals surface area contributed by atoms with Crippen molar-refractivity contribution in [2.45, 2.75) is 0 Å². The highest BCUT2D eigenvalue weighted by atomic mass is 32.1. The van der Waals surface area contributed by atoms with Crippen molar-refractivity contribution in [2.24, 2.45) is 0 Å². The van der Waals surface area contributed by atoms with Gasteiger partial charge in [-0.05, 0) is 93.3 Å². The van der Waals surface area contributed by atoms with Gasteiger partial charge in [-0.1, -0.05) is 140 Å². The zero-order valence-corrected chi connectivity index (χ0v) is 33.0. The highest BCUT2D eigenvalue weighted by molar-refractivity contribution is 7.25. The van der Waals surface area contributed by atoms with Gasteiger partial charge in [-0.3, -0.25) is 0 Å². The van der Waals surface area contributed by atoms with Crippen molar-refractivity contribution in [1.29, 1.82) is 0 Å². The monoisotopic (exact) mass is 783 g/mol. The maximum Gasteiger partial charge on any atom is 0.143 e. The molecule has 4 heteroatoms. The number of furan rings is 2. The second kappa shape index (κ2) is 12.9. The van der Waals surface area contributed by atoms with Gasteiger partial charge in [-0.15, -0.1) is 11.3 Å². The third-order valence-corrected chi connectivity index (χ3v) is 13.4. The van der Waals surface area contributed by atoms with Gasteiger partial charge in [0.05, 0.1) is 0 Å². The van der Waals surface area contributed by atoms with Gasteiger partial charge in [-0.2, -0.15) is 0 Å². The van der Waals surface area contributed by atoms with E-state index < -0.39 is 0 Å². The SMILES string of the molecule is c1ccc2c(c1)oc1c(-c3ccc(N(c4ccc5c(c4)sc4ccccc45)c4ccc5ccc6ccc(-c7cccc8c7oc7ccccc78)cc6c5c4)cc3)cccc12. The predicted molar refractivity (Wildman–Crippen MR) is 254 cm³/mol. The summed E-state index contributed by atoms with van der Waals surface area (Å²) in [5.74, 6) is 0. The normalized spacial score (nSPS) is 12.0. The van der Waals surface area contributed by atoms with E-state index in [-0.39, 0.29) is 0 Å². The van der Waals surface area contributed by atoms with Crippen LogP contribution in [0.1, 0.15) is 0 Å². The molecule has 0 spiro atoms. The fourth-order valence-corrected chi connectivity index (χ4v) is 10.5. The van der Waals surface area contributed by atoms with Crippen LogP contribution >= 0.6 is 11.3 Å². The van der Waals surface area contributed by atoms with E-state index in [2.05, 4.69) is 181 Å². The highest BCUT2D eigenvalue weighted by Crippen LogP contribution is 2.44. The molecule has 10 aromatic carbocycles. The lowest BCUT2D eigenvalue weighted by Gasteiger charge is -2.26. The standard InChI is InChI=1S/C56H33NO2S/c1-4-16-51-43(9-1)47-14-7-12-41(55(47)58-51)34-23-26-38(27-24-34)57(40-29-30-46-45-11-3-6-18-53(45)60-54(46)33-40)39-28-25-36-20-19-35-21-22-37(31-49(35)50(36)32-39)42-13-8-15-48-44-10-2-5-17-52(44)59-56(42)48/h1-33H. The summed E-state index contributed by atoms with van der Waals surface area (Å²) >= 11 is 1.85. The number of para-hydroxylation sites is 4. The molecule has 13 aromatic rings. The summed E-state index contributed by atoms with van der Waals surface area (Å²) in [6, 6.07) is 72.2. The molecule has 0 saturated heterocycles. The maximum absolute atomic E-state index is 6.50. The van der Waals surface area contributed by atoms with Gasteiger partial charge in [0, 0.05) is 69.9 Å². The highest BCUT2D eigenvalue weighted by Gasteiger charge is 2.19. The van der Waals surface area contributed by atoms with E-state index in [0.29, 0.717) is 0 Å². The van der Waals surface area contributed by atoms with E-state index in [9.17, 15) is 0 Å². The smallest absolute Gasteiger partial charge is 0.143 e. The number of benzene rings is 10.